The summed E-state index contributed by atoms with van der Waals surface area (Å²) in [5.41, 5.74) is 0.828. The summed E-state index contributed by atoms with van der Waals surface area (Å²) < 4.78 is 5.74. The van der Waals surface area contributed by atoms with Crippen molar-refractivity contribution < 1.29 is 14.6 Å². The highest BCUT2D eigenvalue weighted by Gasteiger charge is 2.37. The molecule has 0 aromatic carbocycles. The number of hydrogen-bond donors (Lipinski definition) is 3. The van der Waals surface area contributed by atoms with E-state index in [9.17, 15) is 4.79 Å². The summed E-state index contributed by atoms with van der Waals surface area (Å²) in [7, 11) is 0. The van der Waals surface area contributed by atoms with E-state index in [-0.39, 0.29) is 24.7 Å². The maximum Gasteiger partial charge on any atom is 0.226 e. The number of aliphatic hydroxyl groups excluding tert-OH is 1. The smallest absolute Gasteiger partial charge is 0.226 e. The van der Waals surface area contributed by atoms with Gasteiger partial charge in [0.25, 0.3) is 0 Å². The van der Waals surface area contributed by atoms with E-state index in [1.165, 1.54) is 0 Å². The minimum Gasteiger partial charge on any atom is -0.396 e. The van der Waals surface area contributed by atoms with Crippen molar-refractivity contribution in [2.75, 3.05) is 26.3 Å². The van der Waals surface area contributed by atoms with Crippen LogP contribution in [0.3, 0.4) is 0 Å². The SMILES string of the molecule is O=C(Cc1ccn[nH]1)N[C@H]1C[C@H]2CO[C@@H](CCO)CN2C1. The van der Waals surface area contributed by atoms with Crippen LogP contribution in [0, 0.1) is 0 Å². The molecule has 7 nitrogen and oxygen atoms in total. The van der Waals surface area contributed by atoms with Crippen molar-refractivity contribution in [2.24, 2.45) is 0 Å². The van der Waals surface area contributed by atoms with E-state index in [1.807, 2.05) is 6.07 Å². The van der Waals surface area contributed by atoms with E-state index in [2.05, 4.69) is 20.4 Å². The highest BCUT2D eigenvalue weighted by molar-refractivity contribution is 5.78. The van der Waals surface area contributed by atoms with Crippen molar-refractivity contribution in [3.8, 4) is 0 Å². The largest absolute Gasteiger partial charge is 0.396 e. The first kappa shape index (κ1) is 14.5. The second-order valence-corrected chi connectivity index (χ2v) is 5.83. The summed E-state index contributed by atoms with van der Waals surface area (Å²) in [6, 6.07) is 2.38. The predicted octanol–water partition coefficient (Wildman–Crippen LogP) is -0.707. The van der Waals surface area contributed by atoms with Crippen molar-refractivity contribution in [1.29, 1.82) is 0 Å². The predicted molar refractivity (Wildman–Crippen MR) is 75.6 cm³/mol. The highest BCUT2D eigenvalue weighted by Crippen LogP contribution is 2.24. The summed E-state index contributed by atoms with van der Waals surface area (Å²) in [5, 5.41) is 18.7. The average molecular weight is 294 g/mol. The number of carbonyl (C=O) groups is 1. The topological polar surface area (TPSA) is 90.5 Å². The summed E-state index contributed by atoms with van der Waals surface area (Å²) in [6.45, 7) is 2.56. The Morgan fingerprint density at radius 3 is 3.24 bits per heavy atom. The number of aromatic amines is 1. The zero-order valence-corrected chi connectivity index (χ0v) is 12.0. The van der Waals surface area contributed by atoms with Gasteiger partial charge in [-0.15, -0.1) is 0 Å². The second kappa shape index (κ2) is 6.55. The molecule has 0 unspecified atom stereocenters. The van der Waals surface area contributed by atoms with Gasteiger partial charge in [-0.05, 0) is 18.9 Å². The molecule has 116 valence electrons. The lowest BCUT2D eigenvalue weighted by Gasteiger charge is -2.34. The first-order valence-electron chi connectivity index (χ1n) is 7.48. The van der Waals surface area contributed by atoms with E-state index < -0.39 is 0 Å². The molecule has 1 aromatic rings. The van der Waals surface area contributed by atoms with E-state index in [4.69, 9.17) is 9.84 Å². The number of amides is 1. The number of nitrogens with zero attached hydrogens (tertiary/aromatic N) is 2. The Morgan fingerprint density at radius 1 is 1.57 bits per heavy atom. The summed E-state index contributed by atoms with van der Waals surface area (Å²) in [6.07, 6.45) is 3.72. The van der Waals surface area contributed by atoms with Crippen LogP contribution in [0.5, 0.6) is 0 Å². The van der Waals surface area contributed by atoms with Gasteiger partial charge in [-0.3, -0.25) is 14.8 Å². The lowest BCUT2D eigenvalue weighted by Crippen LogP contribution is -2.46. The number of aromatic nitrogens is 2. The maximum absolute atomic E-state index is 12.0. The number of carbonyl (C=O) groups excluding carboxylic acids is 1. The van der Waals surface area contributed by atoms with Gasteiger partial charge in [0.05, 0.1) is 19.1 Å². The fraction of sp³-hybridized carbons (Fsp3) is 0.714. The van der Waals surface area contributed by atoms with Crippen LogP contribution < -0.4 is 5.32 Å². The molecular formula is C14H22N4O3. The summed E-state index contributed by atoms with van der Waals surface area (Å²) in [5.74, 6) is 0.0249. The Hall–Kier alpha value is -1.44. The molecule has 21 heavy (non-hydrogen) atoms. The molecule has 1 amide bonds. The minimum absolute atomic E-state index is 0.0249. The van der Waals surface area contributed by atoms with E-state index >= 15 is 0 Å². The number of aliphatic hydroxyl groups is 1. The Bertz CT molecular complexity index is 465. The first-order valence-corrected chi connectivity index (χ1v) is 7.48. The lowest BCUT2D eigenvalue weighted by molar-refractivity contribution is -0.121. The minimum atomic E-state index is 0.0249. The van der Waals surface area contributed by atoms with Crippen LogP contribution in [0.4, 0.5) is 0 Å². The molecule has 7 heteroatoms. The quantitative estimate of drug-likeness (QED) is 0.667. The van der Waals surface area contributed by atoms with Crippen molar-refractivity contribution >= 4 is 5.91 Å². The molecule has 3 heterocycles. The molecule has 0 spiro atoms. The molecule has 2 fully saturated rings. The van der Waals surface area contributed by atoms with Gasteiger partial charge in [-0.2, -0.15) is 5.10 Å². The molecule has 0 saturated carbocycles. The molecule has 3 N–H and O–H groups in total. The van der Waals surface area contributed by atoms with Crippen LogP contribution in [0.1, 0.15) is 18.5 Å². The fourth-order valence-corrected chi connectivity index (χ4v) is 3.20. The number of morpholine rings is 1. The Balaban J connectivity index is 1.47. The van der Waals surface area contributed by atoms with Crippen LogP contribution in [-0.2, 0) is 16.0 Å². The number of rotatable bonds is 5. The first-order chi connectivity index (χ1) is 10.2. The van der Waals surface area contributed by atoms with Crippen LogP contribution in [0.15, 0.2) is 12.3 Å². The van der Waals surface area contributed by atoms with Gasteiger partial charge < -0.3 is 15.2 Å². The van der Waals surface area contributed by atoms with E-state index in [0.717, 1.165) is 25.2 Å². The molecule has 0 aliphatic carbocycles. The Labute approximate surface area is 123 Å². The van der Waals surface area contributed by atoms with Gasteiger partial charge in [0.2, 0.25) is 5.91 Å². The summed E-state index contributed by atoms with van der Waals surface area (Å²) in [4.78, 5) is 14.4. The molecule has 0 radical (unpaired) electrons. The molecule has 2 aliphatic rings. The standard InChI is InChI=1S/C14H22N4O3/c19-4-2-13-8-18-7-11(5-12(18)9-21-13)16-14(20)6-10-1-3-15-17-10/h1,3,11-13,19H,2,4-9H2,(H,15,17)(H,16,20)/t11-,12-,13-/m0/s1. The third kappa shape index (κ3) is 3.61. The van der Waals surface area contributed by atoms with Crippen LogP contribution in [-0.4, -0.2) is 70.6 Å². The highest BCUT2D eigenvalue weighted by atomic mass is 16.5. The van der Waals surface area contributed by atoms with Crippen molar-refractivity contribution in [3.05, 3.63) is 18.0 Å². The van der Waals surface area contributed by atoms with Gasteiger partial charge in [0.1, 0.15) is 0 Å². The van der Waals surface area contributed by atoms with Crippen molar-refractivity contribution in [1.82, 2.24) is 20.4 Å². The molecule has 2 saturated heterocycles. The van der Waals surface area contributed by atoms with Gasteiger partial charge in [0.15, 0.2) is 0 Å². The number of nitrogens with one attached hydrogen (secondary N) is 2. The van der Waals surface area contributed by atoms with Crippen molar-refractivity contribution in [2.45, 2.75) is 37.5 Å². The van der Waals surface area contributed by atoms with E-state index in [1.54, 1.807) is 6.20 Å². The third-order valence-corrected chi connectivity index (χ3v) is 4.22. The van der Waals surface area contributed by atoms with Gasteiger partial charge in [-0.25, -0.2) is 0 Å². The van der Waals surface area contributed by atoms with Crippen LogP contribution >= 0.6 is 0 Å². The van der Waals surface area contributed by atoms with Gasteiger partial charge in [0, 0.05) is 43.7 Å². The molecule has 3 atom stereocenters. The zero-order chi connectivity index (χ0) is 14.7. The monoisotopic (exact) mass is 294 g/mol. The number of ether oxygens (including phenoxy) is 1. The van der Waals surface area contributed by atoms with Gasteiger partial charge >= 0.3 is 0 Å². The number of fused-ring (bicyclic) bond motifs is 1. The molecule has 1 aromatic heterocycles. The fourth-order valence-electron chi connectivity index (χ4n) is 3.20. The van der Waals surface area contributed by atoms with E-state index in [0.29, 0.717) is 25.5 Å². The Kier molecular flexibility index (Phi) is 4.52. The summed E-state index contributed by atoms with van der Waals surface area (Å²) >= 11 is 0. The Morgan fingerprint density at radius 2 is 2.48 bits per heavy atom. The van der Waals surface area contributed by atoms with Crippen LogP contribution in [0.25, 0.3) is 0 Å². The molecular weight excluding hydrogens is 272 g/mol. The normalized spacial score (nSPS) is 29.3. The maximum atomic E-state index is 12.0. The lowest BCUT2D eigenvalue weighted by atomic mass is 10.1. The van der Waals surface area contributed by atoms with Crippen LogP contribution in [0.2, 0.25) is 0 Å². The average Bonchev–Trinajstić information content (AvgIpc) is 3.07. The third-order valence-electron chi connectivity index (χ3n) is 4.22. The zero-order valence-electron chi connectivity index (χ0n) is 12.0. The molecule has 0 bridgehead atoms. The van der Waals surface area contributed by atoms with Gasteiger partial charge in [-0.1, -0.05) is 0 Å². The number of hydrogen-bond acceptors (Lipinski definition) is 5. The van der Waals surface area contributed by atoms with Crippen molar-refractivity contribution in [3.63, 3.8) is 0 Å². The second-order valence-electron chi connectivity index (χ2n) is 5.83. The number of H-pyrrole nitrogens is 1. The molecule has 2 aliphatic heterocycles. The molecule has 3 rings (SSSR count).